The van der Waals surface area contributed by atoms with E-state index in [0.29, 0.717) is 39.8 Å². The molecule has 33 heavy (non-hydrogen) atoms. The van der Waals surface area contributed by atoms with Gasteiger partial charge in [0.2, 0.25) is 5.91 Å². The molecule has 1 unspecified atom stereocenters. The summed E-state index contributed by atoms with van der Waals surface area (Å²) < 4.78 is 7.83. The van der Waals surface area contributed by atoms with E-state index in [0.717, 1.165) is 5.69 Å². The molecule has 1 atom stereocenters. The molecule has 0 saturated heterocycles. The molecule has 7 nitrogen and oxygen atoms in total. The number of carbonyl (C=O) groups excluding carboxylic acids is 1. The zero-order chi connectivity index (χ0) is 23.2. The number of nitrogens with zero attached hydrogens (tertiary/aromatic N) is 3. The molecule has 0 saturated carbocycles. The number of carbonyl (C=O) groups is 1. The van der Waals surface area contributed by atoms with Crippen molar-refractivity contribution in [1.29, 1.82) is 0 Å². The number of rotatable bonds is 9. The number of ether oxygens (including phenoxy) is 1. The van der Waals surface area contributed by atoms with Gasteiger partial charge in [0.15, 0.2) is 5.16 Å². The number of pyridine rings is 1. The Morgan fingerprint density at radius 2 is 2.00 bits per heavy atom. The van der Waals surface area contributed by atoms with Crippen LogP contribution in [0.5, 0.6) is 5.75 Å². The predicted octanol–water partition coefficient (Wildman–Crippen LogP) is 4.81. The summed E-state index contributed by atoms with van der Waals surface area (Å²) in [5.41, 5.74) is 1.89. The molecule has 0 bridgehead atoms. The van der Waals surface area contributed by atoms with E-state index < -0.39 is 5.25 Å². The molecule has 4 rings (SSSR count). The van der Waals surface area contributed by atoms with Gasteiger partial charge in [0.05, 0.1) is 35.3 Å². The molecule has 0 radical (unpaired) electrons. The topological polar surface area (TPSA) is 86.1 Å². The van der Waals surface area contributed by atoms with Crippen molar-refractivity contribution in [2.45, 2.75) is 37.2 Å². The first kappa shape index (κ1) is 23.0. The van der Waals surface area contributed by atoms with Crippen molar-refractivity contribution in [1.82, 2.24) is 14.5 Å². The van der Waals surface area contributed by atoms with Gasteiger partial charge in [-0.1, -0.05) is 36.9 Å². The molecule has 0 spiro atoms. The quantitative estimate of drug-likeness (QED) is 0.273. The number of thiophene rings is 1. The second-order valence-electron chi connectivity index (χ2n) is 7.17. The number of benzene rings is 1. The number of nitrogens with one attached hydrogen (secondary N) is 1. The summed E-state index contributed by atoms with van der Waals surface area (Å²) >= 11 is 2.66. The van der Waals surface area contributed by atoms with Crippen LogP contribution in [0.3, 0.4) is 0 Å². The lowest BCUT2D eigenvalue weighted by atomic mass is 10.2. The van der Waals surface area contributed by atoms with Gasteiger partial charge >= 0.3 is 0 Å². The van der Waals surface area contributed by atoms with Gasteiger partial charge in [-0.25, -0.2) is 4.98 Å². The summed E-state index contributed by atoms with van der Waals surface area (Å²) in [6.07, 6.45) is 2.26. The zero-order valence-electron chi connectivity index (χ0n) is 18.4. The van der Waals surface area contributed by atoms with Crippen molar-refractivity contribution in [3.05, 3.63) is 76.2 Å². The fourth-order valence-electron chi connectivity index (χ4n) is 3.32. The van der Waals surface area contributed by atoms with Crippen molar-refractivity contribution in [2.75, 3.05) is 11.9 Å². The summed E-state index contributed by atoms with van der Waals surface area (Å²) in [6.45, 7) is 4.63. The van der Waals surface area contributed by atoms with Crippen LogP contribution in [0.15, 0.2) is 70.1 Å². The first-order valence-corrected chi connectivity index (χ1v) is 12.4. The second-order valence-corrected chi connectivity index (χ2v) is 9.26. The molecule has 3 aromatic heterocycles. The molecule has 0 aliphatic heterocycles. The Kier molecular flexibility index (Phi) is 7.41. The van der Waals surface area contributed by atoms with Crippen molar-refractivity contribution in [3.63, 3.8) is 0 Å². The average Bonchev–Trinajstić information content (AvgIpc) is 3.30. The molecule has 170 valence electrons. The molecule has 1 N–H and O–H groups in total. The van der Waals surface area contributed by atoms with E-state index in [9.17, 15) is 9.59 Å². The second kappa shape index (κ2) is 10.6. The summed E-state index contributed by atoms with van der Waals surface area (Å²) in [5.74, 6) is 0.455. The smallest absolute Gasteiger partial charge is 0.272 e. The van der Waals surface area contributed by atoms with Gasteiger partial charge in [-0.05, 0) is 49.1 Å². The lowest BCUT2D eigenvalue weighted by Crippen LogP contribution is -2.28. The number of aromatic nitrogens is 3. The van der Waals surface area contributed by atoms with Gasteiger partial charge in [0, 0.05) is 6.20 Å². The molecule has 0 aliphatic carbocycles. The van der Waals surface area contributed by atoms with Crippen molar-refractivity contribution < 1.29 is 9.53 Å². The van der Waals surface area contributed by atoms with Crippen LogP contribution in [0, 0.1) is 0 Å². The summed E-state index contributed by atoms with van der Waals surface area (Å²) in [4.78, 5) is 35.5. The number of hydrogen-bond acceptors (Lipinski definition) is 7. The third-order valence-corrected chi connectivity index (χ3v) is 7.18. The van der Waals surface area contributed by atoms with Crippen LogP contribution >= 0.6 is 23.1 Å². The Bertz CT molecular complexity index is 1300. The molecular formula is C24H24N4O3S2. The largest absolute Gasteiger partial charge is 0.492 e. The molecular weight excluding hydrogens is 456 g/mol. The van der Waals surface area contributed by atoms with Crippen LogP contribution in [0.2, 0.25) is 0 Å². The highest BCUT2D eigenvalue weighted by molar-refractivity contribution is 8.00. The molecule has 9 heteroatoms. The van der Waals surface area contributed by atoms with Crippen LogP contribution in [0.4, 0.5) is 5.69 Å². The van der Waals surface area contributed by atoms with E-state index in [1.807, 2.05) is 67.8 Å². The first-order valence-electron chi connectivity index (χ1n) is 10.7. The van der Waals surface area contributed by atoms with Crippen LogP contribution < -0.4 is 15.6 Å². The number of fused-ring (bicyclic) bond motifs is 1. The van der Waals surface area contributed by atoms with E-state index in [4.69, 9.17) is 9.72 Å². The molecule has 0 fully saturated rings. The highest BCUT2D eigenvalue weighted by Gasteiger charge is 2.23. The maximum absolute atomic E-state index is 13.2. The Hall–Kier alpha value is -3.17. The number of thioether (sulfide) groups is 1. The maximum atomic E-state index is 13.2. The normalized spacial score (nSPS) is 11.9. The molecule has 3 heterocycles. The average molecular weight is 481 g/mol. The Morgan fingerprint density at radius 3 is 2.76 bits per heavy atom. The number of anilines is 1. The summed E-state index contributed by atoms with van der Waals surface area (Å²) in [5, 5.41) is 4.88. The fourth-order valence-corrected chi connectivity index (χ4v) is 5.11. The van der Waals surface area contributed by atoms with Crippen molar-refractivity contribution in [3.8, 4) is 5.75 Å². The van der Waals surface area contributed by atoms with E-state index in [-0.39, 0.29) is 18.0 Å². The number of para-hydroxylation sites is 2. The SMILES string of the molecule is CCOc1ccccc1NC(=O)C(CC)Sc1nc2ccsc2c(=O)n1Cc1ccccn1. The van der Waals surface area contributed by atoms with Crippen LogP contribution in [-0.2, 0) is 11.3 Å². The lowest BCUT2D eigenvalue weighted by molar-refractivity contribution is -0.115. The minimum absolute atomic E-state index is 0.125. The third-order valence-electron chi connectivity index (χ3n) is 4.93. The molecule has 1 amide bonds. The third kappa shape index (κ3) is 5.26. The van der Waals surface area contributed by atoms with E-state index in [1.165, 1.54) is 23.1 Å². The Balaban J connectivity index is 1.64. The highest BCUT2D eigenvalue weighted by Crippen LogP contribution is 2.29. The molecule has 0 aliphatic rings. The van der Waals surface area contributed by atoms with Gasteiger partial charge in [-0.2, -0.15) is 0 Å². The maximum Gasteiger partial charge on any atom is 0.272 e. The van der Waals surface area contributed by atoms with Crippen LogP contribution in [0.1, 0.15) is 26.0 Å². The zero-order valence-corrected chi connectivity index (χ0v) is 20.0. The minimum Gasteiger partial charge on any atom is -0.492 e. The minimum atomic E-state index is -0.447. The lowest BCUT2D eigenvalue weighted by Gasteiger charge is -2.18. The standard InChI is InChI=1S/C24H24N4O3S2/c1-3-20(22(29)26-17-10-5-6-11-19(17)31-4-2)33-24-27-18-12-14-32-21(18)23(30)28(24)15-16-9-7-8-13-25-16/h5-14,20H,3-4,15H2,1-2H3,(H,26,29). The van der Waals surface area contributed by atoms with Crippen molar-refractivity contribution in [2.24, 2.45) is 0 Å². The molecule has 4 aromatic rings. The van der Waals surface area contributed by atoms with E-state index in [2.05, 4.69) is 10.3 Å². The van der Waals surface area contributed by atoms with Gasteiger partial charge < -0.3 is 10.1 Å². The summed E-state index contributed by atoms with van der Waals surface area (Å²) in [7, 11) is 0. The first-order chi connectivity index (χ1) is 16.1. The van der Waals surface area contributed by atoms with E-state index >= 15 is 0 Å². The van der Waals surface area contributed by atoms with Crippen molar-refractivity contribution >= 4 is 44.9 Å². The fraction of sp³-hybridized carbons (Fsp3) is 0.250. The predicted molar refractivity (Wildman–Crippen MR) is 133 cm³/mol. The number of amides is 1. The number of hydrogen-bond donors (Lipinski definition) is 1. The van der Waals surface area contributed by atoms with E-state index in [1.54, 1.807) is 10.8 Å². The van der Waals surface area contributed by atoms with Gasteiger partial charge in [-0.3, -0.25) is 19.1 Å². The Morgan fingerprint density at radius 1 is 1.18 bits per heavy atom. The van der Waals surface area contributed by atoms with Gasteiger partial charge in [0.25, 0.3) is 5.56 Å². The van der Waals surface area contributed by atoms with Gasteiger partial charge in [-0.15, -0.1) is 11.3 Å². The monoisotopic (exact) mass is 480 g/mol. The van der Waals surface area contributed by atoms with Gasteiger partial charge in [0.1, 0.15) is 10.4 Å². The molecule has 1 aromatic carbocycles. The van der Waals surface area contributed by atoms with Crippen LogP contribution in [0.25, 0.3) is 10.2 Å². The summed E-state index contributed by atoms with van der Waals surface area (Å²) in [6, 6.07) is 14.8. The highest BCUT2D eigenvalue weighted by atomic mass is 32.2. The van der Waals surface area contributed by atoms with Crippen LogP contribution in [-0.4, -0.2) is 32.3 Å². The Labute approximate surface area is 199 Å².